The molecule has 0 radical (unpaired) electrons. The Morgan fingerprint density at radius 3 is 2.65 bits per heavy atom. The molecule has 0 aliphatic carbocycles. The van der Waals surface area contributed by atoms with Gasteiger partial charge in [0, 0.05) is 6.54 Å². The second kappa shape index (κ2) is 5.98. The van der Waals surface area contributed by atoms with E-state index in [9.17, 15) is 17.6 Å². The minimum Gasteiger partial charge on any atom is -0.482 e. The Kier molecular flexibility index (Phi) is 4.01. The Hall–Kier alpha value is -2.45. The minimum atomic E-state index is -3.74. The summed E-state index contributed by atoms with van der Waals surface area (Å²) in [4.78, 5) is 11.3. The summed E-state index contributed by atoms with van der Waals surface area (Å²) in [5.41, 5.74) is 1.15. The van der Waals surface area contributed by atoms with Crippen molar-refractivity contribution in [1.29, 1.82) is 0 Å². The van der Waals surface area contributed by atoms with Crippen LogP contribution in [0.1, 0.15) is 5.56 Å². The van der Waals surface area contributed by atoms with Crippen molar-refractivity contribution in [3.63, 3.8) is 0 Å². The molecular weight excluding hydrogens is 323 g/mol. The van der Waals surface area contributed by atoms with Gasteiger partial charge in [0.05, 0.1) is 10.6 Å². The number of sulfonamides is 1. The number of benzene rings is 2. The number of fused-ring (bicyclic) bond motifs is 1. The van der Waals surface area contributed by atoms with Crippen LogP contribution < -0.4 is 14.8 Å². The molecule has 23 heavy (non-hydrogen) atoms. The number of rotatable bonds is 4. The number of carbonyl (C=O) groups is 1. The molecule has 1 amide bonds. The maximum Gasteiger partial charge on any atom is 0.262 e. The topological polar surface area (TPSA) is 84.5 Å². The maximum absolute atomic E-state index is 12.9. The molecule has 1 aliphatic heterocycles. The number of hydrogen-bond acceptors (Lipinski definition) is 4. The molecule has 3 rings (SSSR count). The summed E-state index contributed by atoms with van der Waals surface area (Å²) in [6.45, 7) is -0.00754. The van der Waals surface area contributed by atoms with Crippen LogP contribution in [-0.4, -0.2) is 20.9 Å². The van der Waals surface area contributed by atoms with Gasteiger partial charge in [-0.05, 0) is 42.0 Å². The van der Waals surface area contributed by atoms with Crippen LogP contribution in [0.3, 0.4) is 0 Å². The molecular formula is C15H13FN2O4S. The van der Waals surface area contributed by atoms with E-state index in [0.717, 1.165) is 12.1 Å². The SMILES string of the molecule is O=C1COc2ccc(CNS(=O)(=O)c3ccc(F)cc3)cc2N1. The number of nitrogens with one attached hydrogen (secondary N) is 2. The molecule has 0 spiro atoms. The minimum absolute atomic E-state index is 0.0199. The lowest BCUT2D eigenvalue weighted by Crippen LogP contribution is -2.26. The van der Waals surface area contributed by atoms with Crippen molar-refractivity contribution in [2.24, 2.45) is 0 Å². The van der Waals surface area contributed by atoms with Crippen molar-refractivity contribution >= 4 is 21.6 Å². The molecule has 0 aromatic heterocycles. The highest BCUT2D eigenvalue weighted by Gasteiger charge is 2.17. The number of ether oxygens (including phenoxy) is 1. The Balaban J connectivity index is 1.74. The third kappa shape index (κ3) is 3.49. The van der Waals surface area contributed by atoms with Crippen molar-refractivity contribution in [2.75, 3.05) is 11.9 Å². The van der Waals surface area contributed by atoms with Crippen molar-refractivity contribution in [1.82, 2.24) is 4.72 Å². The summed E-state index contributed by atoms with van der Waals surface area (Å²) >= 11 is 0. The maximum atomic E-state index is 12.9. The molecule has 8 heteroatoms. The standard InChI is InChI=1S/C15H13FN2O4S/c16-11-2-4-12(5-3-11)23(20,21)17-8-10-1-6-14-13(7-10)18-15(19)9-22-14/h1-7,17H,8-9H2,(H,18,19). The molecule has 2 aromatic rings. The summed E-state index contributed by atoms with van der Waals surface area (Å²) in [5.74, 6) is -0.231. The second-order valence-corrected chi connectivity index (χ2v) is 6.71. The number of amides is 1. The zero-order valence-corrected chi connectivity index (χ0v) is 12.7. The molecule has 0 unspecified atom stereocenters. The van der Waals surface area contributed by atoms with E-state index < -0.39 is 15.8 Å². The van der Waals surface area contributed by atoms with Crippen LogP contribution in [0.2, 0.25) is 0 Å². The van der Waals surface area contributed by atoms with Gasteiger partial charge in [-0.1, -0.05) is 6.07 Å². The summed E-state index contributed by atoms with van der Waals surface area (Å²) in [7, 11) is -3.74. The van der Waals surface area contributed by atoms with E-state index in [2.05, 4.69) is 10.0 Å². The van der Waals surface area contributed by atoms with Gasteiger partial charge in [0.1, 0.15) is 11.6 Å². The Morgan fingerprint density at radius 1 is 1.17 bits per heavy atom. The number of carbonyl (C=O) groups excluding carboxylic acids is 1. The largest absolute Gasteiger partial charge is 0.482 e. The summed E-state index contributed by atoms with van der Waals surface area (Å²) in [5, 5.41) is 2.65. The van der Waals surface area contributed by atoms with Crippen LogP contribution in [0.15, 0.2) is 47.4 Å². The van der Waals surface area contributed by atoms with Gasteiger partial charge in [-0.25, -0.2) is 17.5 Å². The fourth-order valence-electron chi connectivity index (χ4n) is 2.12. The Morgan fingerprint density at radius 2 is 1.91 bits per heavy atom. The predicted molar refractivity (Wildman–Crippen MR) is 81.0 cm³/mol. The molecule has 6 nitrogen and oxygen atoms in total. The molecule has 0 atom stereocenters. The van der Waals surface area contributed by atoms with E-state index >= 15 is 0 Å². The first-order valence-corrected chi connectivity index (χ1v) is 8.23. The van der Waals surface area contributed by atoms with E-state index in [0.29, 0.717) is 17.0 Å². The normalized spacial score (nSPS) is 13.9. The predicted octanol–water partition coefficient (Wildman–Crippen LogP) is 1.64. The van der Waals surface area contributed by atoms with E-state index in [1.54, 1.807) is 18.2 Å². The Labute approximate surface area is 132 Å². The van der Waals surface area contributed by atoms with Gasteiger partial charge in [-0.3, -0.25) is 4.79 Å². The summed E-state index contributed by atoms with van der Waals surface area (Å²) < 4.78 is 44.8. The molecule has 0 saturated heterocycles. The Bertz CT molecular complexity index is 850. The van der Waals surface area contributed by atoms with Gasteiger partial charge in [-0.15, -0.1) is 0 Å². The molecule has 1 aliphatic rings. The molecule has 0 bridgehead atoms. The van der Waals surface area contributed by atoms with Gasteiger partial charge in [0.2, 0.25) is 10.0 Å². The molecule has 1 heterocycles. The van der Waals surface area contributed by atoms with Crippen LogP contribution in [0.5, 0.6) is 5.75 Å². The van der Waals surface area contributed by atoms with Crippen molar-refractivity contribution in [2.45, 2.75) is 11.4 Å². The average Bonchev–Trinajstić information content (AvgIpc) is 2.53. The fraction of sp³-hybridized carbons (Fsp3) is 0.133. The third-order valence-electron chi connectivity index (χ3n) is 3.27. The van der Waals surface area contributed by atoms with Gasteiger partial charge >= 0.3 is 0 Å². The molecule has 2 N–H and O–H groups in total. The van der Waals surface area contributed by atoms with Crippen molar-refractivity contribution < 1.29 is 22.3 Å². The van der Waals surface area contributed by atoms with Crippen LogP contribution >= 0.6 is 0 Å². The molecule has 2 aromatic carbocycles. The summed E-state index contributed by atoms with van der Waals surface area (Å²) in [6, 6.07) is 9.55. The lowest BCUT2D eigenvalue weighted by Gasteiger charge is -2.18. The zero-order valence-electron chi connectivity index (χ0n) is 11.9. The molecule has 120 valence electrons. The van der Waals surface area contributed by atoms with Crippen molar-refractivity contribution in [3.8, 4) is 5.75 Å². The molecule has 0 fully saturated rings. The smallest absolute Gasteiger partial charge is 0.262 e. The monoisotopic (exact) mass is 336 g/mol. The number of halogens is 1. The first-order chi connectivity index (χ1) is 10.9. The lowest BCUT2D eigenvalue weighted by atomic mass is 10.1. The fourth-order valence-corrected chi connectivity index (χ4v) is 3.13. The van der Waals surface area contributed by atoms with Crippen LogP contribution in [-0.2, 0) is 21.4 Å². The van der Waals surface area contributed by atoms with E-state index in [4.69, 9.17) is 4.74 Å². The van der Waals surface area contributed by atoms with Crippen molar-refractivity contribution in [3.05, 3.63) is 53.8 Å². The van der Waals surface area contributed by atoms with E-state index in [1.807, 2.05) is 0 Å². The van der Waals surface area contributed by atoms with E-state index in [-0.39, 0.29) is 24.0 Å². The second-order valence-electron chi connectivity index (χ2n) is 4.95. The number of anilines is 1. The van der Waals surface area contributed by atoms with E-state index in [1.165, 1.54) is 12.1 Å². The van der Waals surface area contributed by atoms with Gasteiger partial charge < -0.3 is 10.1 Å². The first-order valence-electron chi connectivity index (χ1n) is 6.75. The van der Waals surface area contributed by atoms with Gasteiger partial charge in [0.15, 0.2) is 6.61 Å². The first kappa shape index (κ1) is 15.4. The van der Waals surface area contributed by atoms with Gasteiger partial charge in [-0.2, -0.15) is 0 Å². The highest BCUT2D eigenvalue weighted by molar-refractivity contribution is 7.89. The highest BCUT2D eigenvalue weighted by Crippen LogP contribution is 2.28. The van der Waals surface area contributed by atoms with Crippen LogP contribution in [0.25, 0.3) is 0 Å². The van der Waals surface area contributed by atoms with Crippen LogP contribution in [0, 0.1) is 5.82 Å². The van der Waals surface area contributed by atoms with Crippen LogP contribution in [0.4, 0.5) is 10.1 Å². The zero-order chi connectivity index (χ0) is 16.4. The highest BCUT2D eigenvalue weighted by atomic mass is 32.2. The lowest BCUT2D eigenvalue weighted by molar-refractivity contribution is -0.118. The molecule has 0 saturated carbocycles. The third-order valence-corrected chi connectivity index (χ3v) is 4.68. The average molecular weight is 336 g/mol. The summed E-state index contributed by atoms with van der Waals surface area (Å²) in [6.07, 6.45) is 0. The quantitative estimate of drug-likeness (QED) is 0.889. The van der Waals surface area contributed by atoms with Gasteiger partial charge in [0.25, 0.3) is 5.91 Å². The number of hydrogen-bond donors (Lipinski definition) is 2.